The van der Waals surface area contributed by atoms with E-state index in [0.717, 1.165) is 17.4 Å². The number of aromatic nitrogens is 4. The van der Waals surface area contributed by atoms with Crippen molar-refractivity contribution in [3.8, 4) is 0 Å². The molecule has 0 aliphatic carbocycles. The lowest BCUT2D eigenvalue weighted by molar-refractivity contribution is -0.142. The van der Waals surface area contributed by atoms with Crippen LogP contribution in [0, 0.1) is 0 Å². The van der Waals surface area contributed by atoms with Crippen molar-refractivity contribution in [2.24, 2.45) is 0 Å². The van der Waals surface area contributed by atoms with Gasteiger partial charge in [0.2, 0.25) is 16.9 Å². The molecule has 0 bridgehead atoms. The first-order valence-corrected chi connectivity index (χ1v) is 8.08. The third-order valence-corrected chi connectivity index (χ3v) is 3.84. The summed E-state index contributed by atoms with van der Waals surface area (Å²) in [5, 5.41) is 17.2. The molecule has 2 rings (SSSR count). The number of nitrogens with one attached hydrogen (secondary N) is 2. The lowest BCUT2D eigenvalue weighted by Crippen LogP contribution is -2.18. The van der Waals surface area contributed by atoms with E-state index in [1.165, 1.54) is 11.3 Å². The van der Waals surface area contributed by atoms with E-state index in [-0.39, 0.29) is 18.5 Å². The molecule has 0 fully saturated rings. The second-order valence-corrected chi connectivity index (χ2v) is 6.05. The number of carbonyl (C=O) groups excluding carboxylic acids is 2. The Hall–Kier alpha value is -2.50. The number of hydrogen-bond donors (Lipinski definition) is 2. The molecular formula is C13H15F3N6O2S. The maximum absolute atomic E-state index is 12.2. The number of nitrogens with zero attached hydrogens (tertiary/aromatic N) is 4. The summed E-state index contributed by atoms with van der Waals surface area (Å²) in [6.45, 7) is 0.667. The molecule has 2 heterocycles. The monoisotopic (exact) mass is 376 g/mol. The summed E-state index contributed by atoms with van der Waals surface area (Å²) in [5.41, 5.74) is 0.131. The van der Waals surface area contributed by atoms with Gasteiger partial charge in [0.25, 0.3) is 0 Å². The molecular weight excluding hydrogens is 361 g/mol. The lowest BCUT2D eigenvalue weighted by Gasteiger charge is -2.05. The van der Waals surface area contributed by atoms with Crippen LogP contribution in [-0.4, -0.2) is 38.0 Å². The molecule has 0 aliphatic heterocycles. The zero-order chi connectivity index (χ0) is 18.4. The second kappa shape index (κ2) is 8.05. The SMILES string of the molecule is CCc1nnc(NC(=O)CCC(=O)Nc2cnn(CC(F)(F)F)c2)s1. The highest BCUT2D eigenvalue weighted by atomic mass is 32.1. The van der Waals surface area contributed by atoms with Crippen LogP contribution >= 0.6 is 11.3 Å². The third kappa shape index (κ3) is 6.49. The molecule has 0 radical (unpaired) electrons. The molecule has 0 spiro atoms. The normalized spacial score (nSPS) is 11.4. The number of anilines is 2. The maximum atomic E-state index is 12.2. The number of rotatable bonds is 7. The minimum absolute atomic E-state index is 0.0937. The van der Waals surface area contributed by atoms with Crippen LogP contribution < -0.4 is 10.6 Å². The maximum Gasteiger partial charge on any atom is 0.408 e. The van der Waals surface area contributed by atoms with Gasteiger partial charge in [0.15, 0.2) is 0 Å². The quantitative estimate of drug-likeness (QED) is 0.771. The molecule has 25 heavy (non-hydrogen) atoms. The zero-order valence-corrected chi connectivity index (χ0v) is 13.9. The summed E-state index contributed by atoms with van der Waals surface area (Å²) in [5.74, 6) is -0.907. The van der Waals surface area contributed by atoms with Crippen molar-refractivity contribution in [3.63, 3.8) is 0 Å². The second-order valence-electron chi connectivity index (χ2n) is 4.99. The Labute approximate surface area is 144 Å². The fraction of sp³-hybridized carbons (Fsp3) is 0.462. The van der Waals surface area contributed by atoms with E-state index in [1.54, 1.807) is 0 Å². The van der Waals surface area contributed by atoms with E-state index in [0.29, 0.717) is 16.2 Å². The van der Waals surface area contributed by atoms with Gasteiger partial charge in [-0.15, -0.1) is 10.2 Å². The van der Waals surface area contributed by atoms with Crippen molar-refractivity contribution in [3.05, 3.63) is 17.4 Å². The van der Waals surface area contributed by atoms with Crippen molar-refractivity contribution >= 4 is 34.0 Å². The molecule has 2 aromatic rings. The van der Waals surface area contributed by atoms with Gasteiger partial charge in [0.05, 0.1) is 11.9 Å². The summed E-state index contributed by atoms with van der Waals surface area (Å²) in [7, 11) is 0. The van der Waals surface area contributed by atoms with E-state index in [2.05, 4.69) is 25.9 Å². The van der Waals surface area contributed by atoms with Crippen molar-refractivity contribution < 1.29 is 22.8 Å². The van der Waals surface area contributed by atoms with Crippen molar-refractivity contribution in [2.75, 3.05) is 10.6 Å². The van der Waals surface area contributed by atoms with E-state index in [1.807, 2.05) is 6.92 Å². The Bertz CT molecular complexity index is 742. The molecule has 0 unspecified atom stereocenters. The van der Waals surface area contributed by atoms with E-state index < -0.39 is 24.5 Å². The Morgan fingerprint density at radius 1 is 1.20 bits per heavy atom. The number of alkyl halides is 3. The lowest BCUT2D eigenvalue weighted by atomic mass is 10.3. The standard InChI is InChI=1S/C13H15F3N6O2S/c1-2-11-20-21-12(25-11)19-10(24)4-3-9(23)18-8-5-17-22(6-8)7-13(14,15)16/h5-6H,2-4,7H2,1H3,(H,18,23)(H,19,21,24). The highest BCUT2D eigenvalue weighted by Gasteiger charge is 2.28. The minimum atomic E-state index is -4.40. The van der Waals surface area contributed by atoms with Crippen LogP contribution in [0.5, 0.6) is 0 Å². The summed E-state index contributed by atoms with van der Waals surface area (Å²) in [6.07, 6.45) is -1.73. The highest BCUT2D eigenvalue weighted by Crippen LogP contribution is 2.18. The number of hydrogen-bond acceptors (Lipinski definition) is 6. The molecule has 0 atom stereocenters. The van der Waals surface area contributed by atoms with Gasteiger partial charge in [-0.3, -0.25) is 14.3 Å². The van der Waals surface area contributed by atoms with Gasteiger partial charge in [0.1, 0.15) is 11.6 Å². The molecule has 136 valence electrons. The predicted molar refractivity (Wildman–Crippen MR) is 84.1 cm³/mol. The molecule has 0 saturated heterocycles. The molecule has 2 N–H and O–H groups in total. The largest absolute Gasteiger partial charge is 0.408 e. The number of amides is 2. The first kappa shape index (κ1) is 18.8. The molecule has 0 aliphatic rings. The van der Waals surface area contributed by atoms with E-state index >= 15 is 0 Å². The summed E-state index contributed by atoms with van der Waals surface area (Å²) in [4.78, 5) is 23.5. The Morgan fingerprint density at radius 2 is 1.88 bits per heavy atom. The van der Waals surface area contributed by atoms with Crippen molar-refractivity contribution in [2.45, 2.75) is 38.9 Å². The van der Waals surface area contributed by atoms with Crippen molar-refractivity contribution in [1.82, 2.24) is 20.0 Å². The minimum Gasteiger partial charge on any atom is -0.323 e. The number of carbonyl (C=O) groups is 2. The number of aryl methyl sites for hydroxylation is 1. The average Bonchev–Trinajstić information content (AvgIpc) is 3.13. The highest BCUT2D eigenvalue weighted by molar-refractivity contribution is 7.15. The van der Waals surface area contributed by atoms with Gasteiger partial charge in [-0.25, -0.2) is 0 Å². The van der Waals surface area contributed by atoms with E-state index in [4.69, 9.17) is 0 Å². The topological polar surface area (TPSA) is 102 Å². The first-order chi connectivity index (χ1) is 11.7. The number of halogens is 3. The van der Waals surface area contributed by atoms with Crippen LogP contribution in [0.15, 0.2) is 12.4 Å². The summed E-state index contributed by atoms with van der Waals surface area (Å²) >= 11 is 1.25. The van der Waals surface area contributed by atoms with Crippen LogP contribution in [0.3, 0.4) is 0 Å². The fourth-order valence-electron chi connectivity index (χ4n) is 1.78. The van der Waals surface area contributed by atoms with Gasteiger partial charge >= 0.3 is 6.18 Å². The van der Waals surface area contributed by atoms with Gasteiger partial charge in [-0.05, 0) is 6.42 Å². The first-order valence-electron chi connectivity index (χ1n) is 7.26. The smallest absolute Gasteiger partial charge is 0.323 e. The fourth-order valence-corrected chi connectivity index (χ4v) is 2.47. The van der Waals surface area contributed by atoms with Crippen molar-refractivity contribution in [1.29, 1.82) is 0 Å². The van der Waals surface area contributed by atoms with E-state index in [9.17, 15) is 22.8 Å². The van der Waals surface area contributed by atoms with Gasteiger partial charge in [-0.1, -0.05) is 18.3 Å². The third-order valence-electron chi connectivity index (χ3n) is 2.85. The van der Waals surface area contributed by atoms with Gasteiger partial charge < -0.3 is 10.6 Å². The average molecular weight is 376 g/mol. The summed E-state index contributed by atoms with van der Waals surface area (Å²) in [6, 6.07) is 0. The van der Waals surface area contributed by atoms with Crippen LogP contribution in [-0.2, 0) is 22.6 Å². The van der Waals surface area contributed by atoms with Crippen LogP contribution in [0.25, 0.3) is 0 Å². The Kier molecular flexibility index (Phi) is 6.07. The summed E-state index contributed by atoms with van der Waals surface area (Å²) < 4.78 is 37.3. The zero-order valence-electron chi connectivity index (χ0n) is 13.1. The molecule has 2 amide bonds. The Morgan fingerprint density at radius 3 is 2.48 bits per heavy atom. The predicted octanol–water partition coefficient (Wildman–Crippen LogP) is 2.22. The van der Waals surface area contributed by atoms with Gasteiger partial charge in [-0.2, -0.15) is 18.3 Å². The molecule has 12 heteroatoms. The molecule has 8 nitrogen and oxygen atoms in total. The Balaban J connectivity index is 1.75. The molecule has 0 saturated carbocycles. The van der Waals surface area contributed by atoms with Crippen LogP contribution in [0.2, 0.25) is 0 Å². The molecule has 0 aromatic carbocycles. The van der Waals surface area contributed by atoms with Crippen LogP contribution in [0.4, 0.5) is 24.0 Å². The van der Waals surface area contributed by atoms with Gasteiger partial charge in [0, 0.05) is 19.0 Å². The molecule has 2 aromatic heterocycles. The van der Waals surface area contributed by atoms with Crippen LogP contribution in [0.1, 0.15) is 24.8 Å².